The lowest BCUT2D eigenvalue weighted by Gasteiger charge is -2.35. The Morgan fingerprint density at radius 3 is 2.56 bits per heavy atom. The molecule has 1 amide bonds. The number of carbonyl (C=O) groups excluding carboxylic acids is 2. The van der Waals surface area contributed by atoms with E-state index in [4.69, 9.17) is 13.9 Å². The van der Waals surface area contributed by atoms with Crippen LogP contribution in [0, 0.1) is 13.8 Å². The number of ether oxygens (including phenoxy) is 2. The first-order chi connectivity index (χ1) is 12.8. The van der Waals surface area contributed by atoms with Crippen LogP contribution in [-0.2, 0) is 20.8 Å². The molecule has 0 saturated carbocycles. The number of furan rings is 1. The molecule has 3 heterocycles. The van der Waals surface area contributed by atoms with Crippen LogP contribution in [-0.4, -0.2) is 53.2 Å². The molecular weight excluding hydrogens is 348 g/mol. The van der Waals surface area contributed by atoms with Gasteiger partial charge in [-0.3, -0.25) is 4.79 Å². The summed E-state index contributed by atoms with van der Waals surface area (Å²) < 4.78 is 18.3. The van der Waals surface area contributed by atoms with Gasteiger partial charge in [-0.25, -0.2) is 4.79 Å². The van der Waals surface area contributed by atoms with Gasteiger partial charge >= 0.3 is 5.97 Å². The first-order valence-corrected chi connectivity index (χ1v) is 9.14. The van der Waals surface area contributed by atoms with Crippen molar-refractivity contribution in [3.05, 3.63) is 47.2 Å². The summed E-state index contributed by atoms with van der Waals surface area (Å²) in [6, 6.07) is 5.50. The fourth-order valence-electron chi connectivity index (χ4n) is 3.49. The fraction of sp³-hybridized carbons (Fsp3) is 0.500. The van der Waals surface area contributed by atoms with Crippen molar-refractivity contribution in [2.45, 2.75) is 46.4 Å². The molecule has 2 aromatic rings. The number of amides is 1. The molecule has 7 nitrogen and oxygen atoms in total. The summed E-state index contributed by atoms with van der Waals surface area (Å²) in [6.45, 7) is 8.94. The Morgan fingerprint density at radius 2 is 1.93 bits per heavy atom. The number of esters is 1. The van der Waals surface area contributed by atoms with Crippen LogP contribution in [0.15, 0.2) is 28.9 Å². The van der Waals surface area contributed by atoms with Crippen molar-refractivity contribution in [3.63, 3.8) is 0 Å². The zero-order chi connectivity index (χ0) is 19.6. The van der Waals surface area contributed by atoms with Crippen LogP contribution in [0.3, 0.4) is 0 Å². The van der Waals surface area contributed by atoms with Gasteiger partial charge in [0.25, 0.3) is 5.91 Å². The molecule has 0 spiro atoms. The molecule has 0 N–H and O–H groups in total. The van der Waals surface area contributed by atoms with E-state index in [1.165, 1.54) is 0 Å². The van der Waals surface area contributed by atoms with Gasteiger partial charge in [-0.15, -0.1) is 0 Å². The van der Waals surface area contributed by atoms with Crippen molar-refractivity contribution in [1.82, 2.24) is 9.47 Å². The molecule has 27 heavy (non-hydrogen) atoms. The van der Waals surface area contributed by atoms with E-state index in [1.54, 1.807) is 17.2 Å². The van der Waals surface area contributed by atoms with Crippen molar-refractivity contribution >= 4 is 11.9 Å². The minimum absolute atomic E-state index is 0.0195. The average molecular weight is 374 g/mol. The smallest absolute Gasteiger partial charge is 0.340 e. The van der Waals surface area contributed by atoms with Crippen LogP contribution in [0.25, 0.3) is 0 Å². The molecule has 3 rings (SSSR count). The minimum Gasteiger partial charge on any atom is -0.467 e. The predicted molar refractivity (Wildman–Crippen MR) is 98.6 cm³/mol. The van der Waals surface area contributed by atoms with Crippen molar-refractivity contribution in [3.8, 4) is 0 Å². The van der Waals surface area contributed by atoms with E-state index in [0.29, 0.717) is 25.2 Å². The first kappa shape index (κ1) is 19.2. The highest BCUT2D eigenvalue weighted by molar-refractivity contribution is 5.92. The standard InChI is InChI=1S/C20H26N2O5/c1-13-8-18(16(4)22(13)11-17-6-5-7-25-17)20(24)26-12-19(23)21-9-14(2)27-15(3)10-21/h5-8,14-15H,9-12H2,1-4H3/t14-,15+. The predicted octanol–water partition coefficient (Wildman–Crippen LogP) is 2.54. The molecule has 1 aliphatic rings. The molecule has 1 aliphatic heterocycles. The number of morpholine rings is 1. The summed E-state index contributed by atoms with van der Waals surface area (Å²) in [4.78, 5) is 26.6. The first-order valence-electron chi connectivity index (χ1n) is 9.14. The zero-order valence-electron chi connectivity index (χ0n) is 16.2. The lowest BCUT2D eigenvalue weighted by Crippen LogP contribution is -2.49. The van der Waals surface area contributed by atoms with Crippen LogP contribution >= 0.6 is 0 Å². The van der Waals surface area contributed by atoms with E-state index in [9.17, 15) is 9.59 Å². The van der Waals surface area contributed by atoms with E-state index in [2.05, 4.69) is 0 Å². The fourth-order valence-corrected chi connectivity index (χ4v) is 3.49. The molecule has 7 heteroatoms. The van der Waals surface area contributed by atoms with Crippen molar-refractivity contribution in [2.24, 2.45) is 0 Å². The van der Waals surface area contributed by atoms with Gasteiger partial charge in [-0.1, -0.05) is 0 Å². The third kappa shape index (κ3) is 4.42. The third-order valence-corrected chi connectivity index (χ3v) is 4.79. The maximum Gasteiger partial charge on any atom is 0.340 e. The average Bonchev–Trinajstić information content (AvgIpc) is 3.22. The monoisotopic (exact) mass is 374 g/mol. The summed E-state index contributed by atoms with van der Waals surface area (Å²) in [5.41, 5.74) is 2.18. The van der Waals surface area contributed by atoms with Crippen LogP contribution in [0.5, 0.6) is 0 Å². The van der Waals surface area contributed by atoms with Gasteiger partial charge in [0.05, 0.1) is 30.6 Å². The number of hydrogen-bond acceptors (Lipinski definition) is 5. The second kappa shape index (κ2) is 8.00. The van der Waals surface area contributed by atoms with Gasteiger partial charge in [-0.05, 0) is 45.9 Å². The molecule has 2 atom stereocenters. The maximum absolute atomic E-state index is 12.5. The topological polar surface area (TPSA) is 73.9 Å². The summed E-state index contributed by atoms with van der Waals surface area (Å²) in [7, 11) is 0. The Balaban J connectivity index is 1.62. The third-order valence-electron chi connectivity index (χ3n) is 4.79. The number of nitrogens with zero attached hydrogens (tertiary/aromatic N) is 2. The highest BCUT2D eigenvalue weighted by atomic mass is 16.5. The molecule has 2 aromatic heterocycles. The maximum atomic E-state index is 12.5. The molecule has 0 unspecified atom stereocenters. The van der Waals surface area contributed by atoms with E-state index in [0.717, 1.165) is 17.1 Å². The molecule has 1 saturated heterocycles. The molecular formula is C20H26N2O5. The second-order valence-corrected chi connectivity index (χ2v) is 7.08. The Kier molecular flexibility index (Phi) is 5.70. The zero-order valence-corrected chi connectivity index (χ0v) is 16.2. The van der Waals surface area contributed by atoms with E-state index in [-0.39, 0.29) is 24.7 Å². The molecule has 1 fully saturated rings. The lowest BCUT2D eigenvalue weighted by atomic mass is 10.2. The van der Waals surface area contributed by atoms with Crippen LogP contribution < -0.4 is 0 Å². The normalized spacial score (nSPS) is 19.9. The molecule has 0 aliphatic carbocycles. The number of aromatic nitrogens is 1. The minimum atomic E-state index is -0.489. The van der Waals surface area contributed by atoms with E-state index in [1.807, 2.05) is 44.4 Å². The van der Waals surface area contributed by atoms with Crippen LogP contribution in [0.1, 0.15) is 41.4 Å². The highest BCUT2D eigenvalue weighted by Gasteiger charge is 2.27. The van der Waals surface area contributed by atoms with Crippen molar-refractivity contribution in [2.75, 3.05) is 19.7 Å². The summed E-state index contributed by atoms with van der Waals surface area (Å²) >= 11 is 0. The largest absolute Gasteiger partial charge is 0.467 e. The van der Waals surface area contributed by atoms with E-state index < -0.39 is 5.97 Å². The van der Waals surface area contributed by atoms with Crippen molar-refractivity contribution < 1.29 is 23.5 Å². The Morgan fingerprint density at radius 1 is 1.22 bits per heavy atom. The van der Waals surface area contributed by atoms with Gasteiger partial charge in [0.15, 0.2) is 6.61 Å². The second-order valence-electron chi connectivity index (χ2n) is 7.08. The molecule has 0 radical (unpaired) electrons. The van der Waals surface area contributed by atoms with Gasteiger partial charge < -0.3 is 23.4 Å². The highest BCUT2D eigenvalue weighted by Crippen LogP contribution is 2.19. The van der Waals surface area contributed by atoms with E-state index >= 15 is 0 Å². The van der Waals surface area contributed by atoms with Gasteiger partial charge in [0.2, 0.25) is 0 Å². The molecule has 0 bridgehead atoms. The van der Waals surface area contributed by atoms with Gasteiger partial charge in [-0.2, -0.15) is 0 Å². The molecule has 0 aromatic carbocycles. The lowest BCUT2D eigenvalue weighted by molar-refractivity contribution is -0.146. The SMILES string of the molecule is Cc1cc(C(=O)OCC(=O)N2C[C@@H](C)O[C@@H](C)C2)c(C)n1Cc1ccco1. The summed E-state index contributed by atoms with van der Waals surface area (Å²) in [5.74, 6) is 0.119. The Bertz CT molecular complexity index is 799. The number of rotatable bonds is 5. The Hall–Kier alpha value is -2.54. The van der Waals surface area contributed by atoms with Crippen LogP contribution in [0.4, 0.5) is 0 Å². The van der Waals surface area contributed by atoms with Gasteiger partial charge in [0.1, 0.15) is 5.76 Å². The quantitative estimate of drug-likeness (QED) is 0.752. The Labute approximate surface area is 158 Å². The number of aryl methyl sites for hydroxylation is 1. The number of carbonyl (C=O) groups is 2. The van der Waals surface area contributed by atoms with Crippen LogP contribution in [0.2, 0.25) is 0 Å². The summed E-state index contributed by atoms with van der Waals surface area (Å²) in [6.07, 6.45) is 1.58. The van der Waals surface area contributed by atoms with Gasteiger partial charge in [0, 0.05) is 24.5 Å². The number of hydrogen-bond donors (Lipinski definition) is 0. The van der Waals surface area contributed by atoms with Crippen molar-refractivity contribution in [1.29, 1.82) is 0 Å². The molecule has 146 valence electrons. The summed E-state index contributed by atoms with van der Waals surface area (Å²) in [5, 5.41) is 0.